The summed E-state index contributed by atoms with van der Waals surface area (Å²) in [5.74, 6) is 2.20. The molecule has 1 nitrogen and oxygen atoms in total. The Morgan fingerprint density at radius 1 is 1.64 bits per heavy atom. The SMILES string of the molecule is C=CCSCCNCC(=C)C. The van der Waals surface area contributed by atoms with Crippen molar-refractivity contribution in [1.29, 1.82) is 0 Å². The minimum atomic E-state index is 0.939. The second-order valence-electron chi connectivity index (χ2n) is 2.50. The Morgan fingerprint density at radius 2 is 2.36 bits per heavy atom. The highest BCUT2D eigenvalue weighted by Gasteiger charge is 1.86. The first-order valence-electron chi connectivity index (χ1n) is 3.81. The van der Waals surface area contributed by atoms with Crippen LogP contribution in [0.5, 0.6) is 0 Å². The minimum Gasteiger partial charge on any atom is -0.312 e. The van der Waals surface area contributed by atoms with Crippen LogP contribution in [0.4, 0.5) is 0 Å². The Morgan fingerprint density at radius 3 is 2.91 bits per heavy atom. The van der Waals surface area contributed by atoms with Gasteiger partial charge in [-0.25, -0.2) is 0 Å². The fourth-order valence-electron chi connectivity index (χ4n) is 0.613. The van der Waals surface area contributed by atoms with Crippen molar-refractivity contribution in [3.05, 3.63) is 24.8 Å². The molecule has 0 aromatic rings. The van der Waals surface area contributed by atoms with E-state index in [9.17, 15) is 0 Å². The molecular weight excluding hydrogens is 154 g/mol. The average molecular weight is 171 g/mol. The number of thioether (sulfide) groups is 1. The Kier molecular flexibility index (Phi) is 7.74. The van der Waals surface area contributed by atoms with Crippen molar-refractivity contribution in [2.75, 3.05) is 24.6 Å². The maximum atomic E-state index is 3.80. The van der Waals surface area contributed by atoms with Crippen molar-refractivity contribution in [3.8, 4) is 0 Å². The summed E-state index contributed by atoms with van der Waals surface area (Å²) >= 11 is 1.89. The average Bonchev–Trinajstić information content (AvgIpc) is 1.96. The summed E-state index contributed by atoms with van der Waals surface area (Å²) in [5, 5.41) is 3.29. The lowest BCUT2D eigenvalue weighted by Crippen LogP contribution is -2.18. The van der Waals surface area contributed by atoms with Crippen LogP contribution >= 0.6 is 11.8 Å². The third-order valence-corrected chi connectivity index (χ3v) is 2.05. The summed E-state index contributed by atoms with van der Waals surface area (Å²) in [7, 11) is 0. The van der Waals surface area contributed by atoms with Crippen molar-refractivity contribution in [2.45, 2.75) is 6.92 Å². The summed E-state index contributed by atoms with van der Waals surface area (Å²) < 4.78 is 0. The summed E-state index contributed by atoms with van der Waals surface area (Å²) in [5.41, 5.74) is 1.19. The molecule has 0 spiro atoms. The molecule has 0 fully saturated rings. The number of hydrogen-bond donors (Lipinski definition) is 1. The van der Waals surface area contributed by atoms with E-state index in [4.69, 9.17) is 0 Å². The van der Waals surface area contributed by atoms with Gasteiger partial charge in [-0.15, -0.1) is 6.58 Å². The molecule has 0 aliphatic carbocycles. The molecule has 0 saturated heterocycles. The highest BCUT2D eigenvalue weighted by atomic mass is 32.2. The zero-order valence-corrected chi connectivity index (χ0v) is 8.04. The van der Waals surface area contributed by atoms with Gasteiger partial charge in [-0.3, -0.25) is 0 Å². The van der Waals surface area contributed by atoms with E-state index >= 15 is 0 Å². The Labute approximate surface area is 74.0 Å². The van der Waals surface area contributed by atoms with E-state index in [1.807, 2.05) is 24.8 Å². The molecule has 0 atom stereocenters. The van der Waals surface area contributed by atoms with Gasteiger partial charge in [0.1, 0.15) is 0 Å². The summed E-state index contributed by atoms with van der Waals surface area (Å²) in [6.07, 6.45) is 1.93. The first-order chi connectivity index (χ1) is 5.27. The van der Waals surface area contributed by atoms with E-state index in [-0.39, 0.29) is 0 Å². The lowest BCUT2D eigenvalue weighted by atomic mass is 10.3. The maximum absolute atomic E-state index is 3.80. The molecule has 0 unspecified atom stereocenters. The highest BCUT2D eigenvalue weighted by molar-refractivity contribution is 7.99. The molecule has 0 amide bonds. The van der Waals surface area contributed by atoms with Crippen molar-refractivity contribution in [2.24, 2.45) is 0 Å². The first kappa shape index (κ1) is 10.8. The summed E-state index contributed by atoms with van der Waals surface area (Å²) in [6.45, 7) is 11.5. The lowest BCUT2D eigenvalue weighted by Gasteiger charge is -2.02. The molecule has 0 radical (unpaired) electrons. The monoisotopic (exact) mass is 171 g/mol. The molecular formula is C9H17NS. The fourth-order valence-corrected chi connectivity index (χ4v) is 1.23. The zero-order valence-electron chi connectivity index (χ0n) is 7.23. The van der Waals surface area contributed by atoms with Gasteiger partial charge < -0.3 is 5.32 Å². The van der Waals surface area contributed by atoms with Crippen LogP contribution in [-0.4, -0.2) is 24.6 Å². The van der Waals surface area contributed by atoms with Crippen LogP contribution in [0.25, 0.3) is 0 Å². The van der Waals surface area contributed by atoms with Gasteiger partial charge in [0.25, 0.3) is 0 Å². The van der Waals surface area contributed by atoms with Crippen LogP contribution in [0.2, 0.25) is 0 Å². The third-order valence-electron chi connectivity index (χ3n) is 1.09. The van der Waals surface area contributed by atoms with Crippen LogP contribution < -0.4 is 5.32 Å². The van der Waals surface area contributed by atoms with Gasteiger partial charge in [0.15, 0.2) is 0 Å². The Bertz CT molecular complexity index is 121. The zero-order chi connectivity index (χ0) is 8.53. The number of rotatable bonds is 7. The van der Waals surface area contributed by atoms with Crippen LogP contribution in [0.1, 0.15) is 6.92 Å². The molecule has 0 aliphatic heterocycles. The molecule has 0 aliphatic rings. The molecule has 11 heavy (non-hydrogen) atoms. The van der Waals surface area contributed by atoms with E-state index in [0.717, 1.165) is 24.6 Å². The molecule has 0 aromatic carbocycles. The molecule has 64 valence electrons. The van der Waals surface area contributed by atoms with Gasteiger partial charge >= 0.3 is 0 Å². The van der Waals surface area contributed by atoms with Gasteiger partial charge in [-0.05, 0) is 6.92 Å². The van der Waals surface area contributed by atoms with Crippen molar-refractivity contribution in [1.82, 2.24) is 5.32 Å². The standard InChI is InChI=1S/C9H17NS/c1-4-6-11-7-5-10-8-9(2)3/h4,10H,1-2,5-8H2,3H3. The Balaban J connectivity index is 2.90. The van der Waals surface area contributed by atoms with Crippen molar-refractivity contribution < 1.29 is 0 Å². The van der Waals surface area contributed by atoms with Crippen LogP contribution in [0.3, 0.4) is 0 Å². The second-order valence-corrected chi connectivity index (χ2v) is 3.65. The molecule has 0 saturated carbocycles. The molecule has 0 rings (SSSR count). The molecule has 0 aromatic heterocycles. The predicted octanol–water partition coefficient (Wildman–Crippen LogP) is 2.07. The molecule has 0 bridgehead atoms. The van der Waals surface area contributed by atoms with E-state index in [1.165, 1.54) is 5.57 Å². The van der Waals surface area contributed by atoms with Gasteiger partial charge in [-0.2, -0.15) is 11.8 Å². The second kappa shape index (κ2) is 7.89. The van der Waals surface area contributed by atoms with Gasteiger partial charge in [0.2, 0.25) is 0 Å². The highest BCUT2D eigenvalue weighted by Crippen LogP contribution is 1.96. The third kappa shape index (κ3) is 9.79. The lowest BCUT2D eigenvalue weighted by molar-refractivity contribution is 0.784. The van der Waals surface area contributed by atoms with Gasteiger partial charge in [0, 0.05) is 24.6 Å². The molecule has 1 N–H and O–H groups in total. The van der Waals surface area contributed by atoms with Crippen molar-refractivity contribution in [3.63, 3.8) is 0 Å². The smallest absolute Gasteiger partial charge is 0.0159 e. The van der Waals surface area contributed by atoms with Gasteiger partial charge in [0.05, 0.1) is 0 Å². The Hall–Kier alpha value is -0.210. The minimum absolute atomic E-state index is 0.939. The number of hydrogen-bond acceptors (Lipinski definition) is 2. The van der Waals surface area contributed by atoms with Gasteiger partial charge in [-0.1, -0.05) is 18.2 Å². The van der Waals surface area contributed by atoms with Crippen LogP contribution in [-0.2, 0) is 0 Å². The summed E-state index contributed by atoms with van der Waals surface area (Å²) in [6, 6.07) is 0. The van der Waals surface area contributed by atoms with Crippen LogP contribution in [0.15, 0.2) is 24.8 Å². The molecule has 2 heteroatoms. The van der Waals surface area contributed by atoms with E-state index < -0.39 is 0 Å². The first-order valence-corrected chi connectivity index (χ1v) is 4.96. The normalized spacial score (nSPS) is 9.55. The fraction of sp³-hybridized carbons (Fsp3) is 0.556. The van der Waals surface area contributed by atoms with Crippen molar-refractivity contribution >= 4 is 11.8 Å². The maximum Gasteiger partial charge on any atom is 0.0159 e. The summed E-state index contributed by atoms with van der Waals surface area (Å²) in [4.78, 5) is 0. The predicted molar refractivity (Wildman–Crippen MR) is 55.2 cm³/mol. The molecule has 0 heterocycles. The van der Waals surface area contributed by atoms with E-state index in [1.54, 1.807) is 0 Å². The largest absolute Gasteiger partial charge is 0.312 e. The topological polar surface area (TPSA) is 12.0 Å². The quantitative estimate of drug-likeness (QED) is 0.465. The number of nitrogens with one attached hydrogen (secondary N) is 1. The van der Waals surface area contributed by atoms with E-state index in [0.29, 0.717) is 0 Å². The van der Waals surface area contributed by atoms with Crippen LogP contribution in [0, 0.1) is 0 Å². The van der Waals surface area contributed by atoms with E-state index in [2.05, 4.69) is 18.5 Å².